The first-order valence-corrected chi connectivity index (χ1v) is 14.0. The summed E-state index contributed by atoms with van der Waals surface area (Å²) in [5, 5.41) is 8.72. The summed E-state index contributed by atoms with van der Waals surface area (Å²) in [6.07, 6.45) is 9.21. The molecule has 0 atom stereocenters. The first-order chi connectivity index (χ1) is 16.8. The Hall–Kier alpha value is -3.12. The fourth-order valence-electron chi connectivity index (χ4n) is 3.95. The van der Waals surface area contributed by atoms with Crippen molar-refractivity contribution >= 4 is 38.6 Å². The van der Waals surface area contributed by atoms with Gasteiger partial charge < -0.3 is 4.90 Å². The standard InChI is InChI=1S/C23H24FN7O2S2/c1-3-14-11-25-23(26-12-14)31-8-6-15(7-9-31)34-22-18-13-27-30-21(18)28-20(29-22)17-5-4-16(10-19(17)24)35(2,32)33/h4-5,10-13,15H,3,6-9H2,1-2H3,(H,27,28,29,30). The summed E-state index contributed by atoms with van der Waals surface area (Å²) in [5.41, 5.74) is 1.76. The molecule has 3 aromatic heterocycles. The third kappa shape index (κ3) is 4.98. The molecule has 0 spiro atoms. The summed E-state index contributed by atoms with van der Waals surface area (Å²) in [4.78, 5) is 20.2. The summed E-state index contributed by atoms with van der Waals surface area (Å²) in [7, 11) is -3.52. The number of anilines is 1. The van der Waals surface area contributed by atoms with E-state index in [9.17, 15) is 12.8 Å². The van der Waals surface area contributed by atoms with Gasteiger partial charge in [-0.15, -0.1) is 11.8 Å². The molecule has 182 valence electrons. The maximum Gasteiger partial charge on any atom is 0.225 e. The van der Waals surface area contributed by atoms with Crippen LogP contribution in [0.15, 0.2) is 46.7 Å². The van der Waals surface area contributed by atoms with Gasteiger partial charge in [-0.3, -0.25) is 5.10 Å². The molecule has 1 aliphatic heterocycles. The number of rotatable bonds is 6. The van der Waals surface area contributed by atoms with Crippen LogP contribution in [0.3, 0.4) is 0 Å². The molecule has 0 amide bonds. The number of hydrogen-bond donors (Lipinski definition) is 1. The number of aromatic nitrogens is 6. The van der Waals surface area contributed by atoms with Crippen LogP contribution in [0, 0.1) is 5.82 Å². The van der Waals surface area contributed by atoms with Crippen LogP contribution >= 0.6 is 11.8 Å². The highest BCUT2D eigenvalue weighted by Gasteiger charge is 2.24. The van der Waals surface area contributed by atoms with E-state index < -0.39 is 15.7 Å². The molecule has 0 saturated carbocycles. The quantitative estimate of drug-likeness (QED) is 0.385. The van der Waals surface area contributed by atoms with E-state index in [2.05, 4.69) is 42.0 Å². The molecule has 1 saturated heterocycles. The number of sulfone groups is 1. The minimum Gasteiger partial charge on any atom is -0.341 e. The number of aryl methyl sites for hydroxylation is 1. The van der Waals surface area contributed by atoms with Crippen molar-refractivity contribution in [3.05, 3.63) is 48.2 Å². The molecule has 1 aliphatic rings. The van der Waals surface area contributed by atoms with Crippen molar-refractivity contribution in [2.24, 2.45) is 0 Å². The topological polar surface area (TPSA) is 118 Å². The van der Waals surface area contributed by atoms with E-state index in [1.165, 1.54) is 12.1 Å². The zero-order valence-electron chi connectivity index (χ0n) is 19.3. The SMILES string of the molecule is CCc1cnc(N2CCC(Sc3nc(-c4ccc(S(C)(=O)=O)cc4F)nc4[nH]ncc34)CC2)nc1. The zero-order valence-corrected chi connectivity index (χ0v) is 20.9. The molecule has 9 nitrogen and oxygen atoms in total. The first-order valence-electron chi connectivity index (χ1n) is 11.3. The van der Waals surface area contributed by atoms with Crippen molar-refractivity contribution in [3.63, 3.8) is 0 Å². The van der Waals surface area contributed by atoms with Gasteiger partial charge >= 0.3 is 0 Å². The minimum absolute atomic E-state index is 0.0870. The first kappa shape index (κ1) is 23.6. The summed E-state index contributed by atoms with van der Waals surface area (Å²) in [6, 6.07) is 3.77. The smallest absolute Gasteiger partial charge is 0.225 e. The number of H-pyrrole nitrogens is 1. The van der Waals surface area contributed by atoms with Gasteiger partial charge in [0.15, 0.2) is 21.3 Å². The van der Waals surface area contributed by atoms with Gasteiger partial charge in [0.2, 0.25) is 5.95 Å². The van der Waals surface area contributed by atoms with Crippen LogP contribution in [0.4, 0.5) is 10.3 Å². The lowest BCUT2D eigenvalue weighted by atomic mass is 10.1. The molecule has 1 fully saturated rings. The molecular formula is C23H24FN7O2S2. The second kappa shape index (κ2) is 9.50. The predicted molar refractivity (Wildman–Crippen MR) is 133 cm³/mol. The van der Waals surface area contributed by atoms with E-state index in [1.807, 2.05) is 12.4 Å². The lowest BCUT2D eigenvalue weighted by Gasteiger charge is -2.31. The van der Waals surface area contributed by atoms with E-state index in [0.717, 1.165) is 61.6 Å². The van der Waals surface area contributed by atoms with Gasteiger partial charge in [-0.05, 0) is 43.0 Å². The highest BCUT2D eigenvalue weighted by atomic mass is 32.2. The van der Waals surface area contributed by atoms with Crippen LogP contribution in [0.2, 0.25) is 0 Å². The Morgan fingerprint density at radius 3 is 2.54 bits per heavy atom. The predicted octanol–water partition coefficient (Wildman–Crippen LogP) is 3.68. The van der Waals surface area contributed by atoms with Gasteiger partial charge in [-0.2, -0.15) is 5.10 Å². The Morgan fingerprint density at radius 2 is 1.89 bits per heavy atom. The van der Waals surface area contributed by atoms with Crippen molar-refractivity contribution in [2.45, 2.75) is 41.4 Å². The lowest BCUT2D eigenvalue weighted by molar-refractivity contribution is 0.580. The third-order valence-corrected chi connectivity index (χ3v) is 8.44. The molecule has 0 radical (unpaired) electrons. The number of halogens is 1. The summed E-state index contributed by atoms with van der Waals surface area (Å²) in [5.74, 6) is 0.244. The van der Waals surface area contributed by atoms with Gasteiger partial charge in [0.05, 0.1) is 22.0 Å². The minimum atomic E-state index is -3.52. The fraction of sp³-hybridized carbons (Fsp3) is 0.348. The van der Waals surface area contributed by atoms with Crippen LogP contribution in [-0.4, -0.2) is 63.1 Å². The lowest BCUT2D eigenvalue weighted by Crippen LogP contribution is -2.35. The third-order valence-electron chi connectivity index (χ3n) is 5.99. The summed E-state index contributed by atoms with van der Waals surface area (Å²) >= 11 is 1.63. The van der Waals surface area contributed by atoms with Crippen molar-refractivity contribution < 1.29 is 12.8 Å². The molecule has 12 heteroatoms. The van der Waals surface area contributed by atoms with E-state index in [4.69, 9.17) is 0 Å². The highest BCUT2D eigenvalue weighted by molar-refractivity contribution is 8.00. The van der Waals surface area contributed by atoms with Crippen LogP contribution in [0.5, 0.6) is 0 Å². The molecule has 4 heterocycles. The Kier molecular flexibility index (Phi) is 6.41. The number of hydrogen-bond acceptors (Lipinski definition) is 9. The van der Waals surface area contributed by atoms with Crippen LogP contribution < -0.4 is 4.90 Å². The van der Waals surface area contributed by atoms with E-state index in [1.54, 1.807) is 18.0 Å². The van der Waals surface area contributed by atoms with Gasteiger partial charge in [0.1, 0.15) is 10.8 Å². The Balaban J connectivity index is 1.36. The van der Waals surface area contributed by atoms with Crippen molar-refractivity contribution in [2.75, 3.05) is 24.2 Å². The number of nitrogens with zero attached hydrogens (tertiary/aromatic N) is 6. The number of benzene rings is 1. The van der Waals surface area contributed by atoms with Gasteiger partial charge in [-0.25, -0.2) is 32.7 Å². The number of piperidine rings is 1. The molecule has 0 aliphatic carbocycles. The molecule has 0 bridgehead atoms. The van der Waals surface area contributed by atoms with Crippen molar-refractivity contribution in [3.8, 4) is 11.4 Å². The average molecular weight is 514 g/mol. The van der Waals surface area contributed by atoms with Crippen molar-refractivity contribution in [1.82, 2.24) is 30.1 Å². The van der Waals surface area contributed by atoms with Gasteiger partial charge in [-0.1, -0.05) is 6.92 Å². The van der Waals surface area contributed by atoms with Crippen LogP contribution in [-0.2, 0) is 16.3 Å². The molecule has 1 N–H and O–H groups in total. The number of aromatic amines is 1. The number of fused-ring (bicyclic) bond motifs is 1. The zero-order chi connectivity index (χ0) is 24.6. The van der Waals surface area contributed by atoms with Crippen LogP contribution in [0.25, 0.3) is 22.4 Å². The Bertz CT molecular complexity index is 1470. The number of nitrogens with one attached hydrogen (secondary N) is 1. The second-order valence-corrected chi connectivity index (χ2v) is 11.8. The second-order valence-electron chi connectivity index (χ2n) is 8.45. The van der Waals surface area contributed by atoms with E-state index in [0.29, 0.717) is 15.9 Å². The van der Waals surface area contributed by atoms with E-state index >= 15 is 0 Å². The number of thioether (sulfide) groups is 1. The average Bonchev–Trinajstić information content (AvgIpc) is 3.33. The monoisotopic (exact) mass is 513 g/mol. The maximum atomic E-state index is 14.8. The van der Waals surface area contributed by atoms with Crippen LogP contribution in [0.1, 0.15) is 25.3 Å². The molecule has 35 heavy (non-hydrogen) atoms. The largest absolute Gasteiger partial charge is 0.341 e. The normalized spacial score (nSPS) is 15.1. The highest BCUT2D eigenvalue weighted by Crippen LogP contribution is 2.35. The molecule has 0 unspecified atom stereocenters. The Labute approximate surface area is 206 Å². The maximum absolute atomic E-state index is 14.8. The molecule has 1 aromatic carbocycles. The molecular weight excluding hydrogens is 489 g/mol. The summed E-state index contributed by atoms with van der Waals surface area (Å²) in [6.45, 7) is 3.74. The molecule has 4 aromatic rings. The Morgan fingerprint density at radius 1 is 1.14 bits per heavy atom. The van der Waals surface area contributed by atoms with Gasteiger partial charge in [0.25, 0.3) is 0 Å². The molecule has 5 rings (SSSR count). The van der Waals surface area contributed by atoms with E-state index in [-0.39, 0.29) is 16.3 Å². The van der Waals surface area contributed by atoms with Gasteiger partial charge in [0, 0.05) is 37.0 Å². The summed E-state index contributed by atoms with van der Waals surface area (Å²) < 4.78 is 38.4. The van der Waals surface area contributed by atoms with Crippen molar-refractivity contribution in [1.29, 1.82) is 0 Å². The fourth-order valence-corrected chi connectivity index (χ4v) is 5.76.